The summed E-state index contributed by atoms with van der Waals surface area (Å²) in [6.45, 7) is 14.0. The number of hydrogen-bond acceptors (Lipinski definition) is 2. The number of carbonyl (C=O) groups is 1. The molecule has 1 aromatic heterocycles. The third-order valence-corrected chi connectivity index (χ3v) is 6.14. The second kappa shape index (κ2) is 8.85. The number of hydrogen-bond donors (Lipinski definition) is 0. The van der Waals surface area contributed by atoms with Gasteiger partial charge in [0.2, 0.25) is 0 Å². The van der Waals surface area contributed by atoms with Gasteiger partial charge in [0.15, 0.2) is 11.5 Å². The van der Waals surface area contributed by atoms with Gasteiger partial charge in [-0.25, -0.2) is 4.85 Å². The molecule has 154 valence electrons. The summed E-state index contributed by atoms with van der Waals surface area (Å²) < 4.78 is 2.19. The lowest BCUT2D eigenvalue weighted by molar-refractivity contribution is 0.0916. The van der Waals surface area contributed by atoms with Gasteiger partial charge in [0, 0.05) is 22.3 Å². The Labute approximate surface area is 178 Å². The summed E-state index contributed by atoms with van der Waals surface area (Å²) in [5.74, 6) is 0.208. The second-order valence-corrected chi connectivity index (χ2v) is 8.29. The van der Waals surface area contributed by atoms with Gasteiger partial charge in [-0.1, -0.05) is 44.0 Å². The van der Waals surface area contributed by atoms with Crippen molar-refractivity contribution < 1.29 is 4.79 Å². The molecule has 0 saturated carbocycles. The SMILES string of the molecule is [C-]#[N+]c1ccc(-n2c(C)c(C(=O)CN3CCCCC3)c3ccc(CCC)cc32)cc1. The number of aryl methyl sites for hydroxylation is 1. The molecule has 1 aliphatic heterocycles. The molecule has 1 saturated heterocycles. The predicted octanol–water partition coefficient (Wildman–Crippen LogP) is 6.11. The highest BCUT2D eigenvalue weighted by Crippen LogP contribution is 2.32. The molecular formula is C26H29N3O. The molecule has 2 aromatic carbocycles. The van der Waals surface area contributed by atoms with Crippen LogP contribution in [-0.2, 0) is 6.42 Å². The van der Waals surface area contributed by atoms with Crippen molar-refractivity contribution in [2.75, 3.05) is 19.6 Å². The molecule has 1 aliphatic rings. The number of Topliss-reactive ketones (excluding diaryl/α,β-unsaturated/α-hetero) is 1. The minimum absolute atomic E-state index is 0.208. The molecule has 3 aromatic rings. The highest BCUT2D eigenvalue weighted by Gasteiger charge is 2.23. The second-order valence-electron chi connectivity index (χ2n) is 8.29. The van der Waals surface area contributed by atoms with Crippen LogP contribution in [0.1, 0.15) is 54.2 Å². The fourth-order valence-electron chi connectivity index (χ4n) is 4.67. The van der Waals surface area contributed by atoms with Crippen molar-refractivity contribution in [2.45, 2.75) is 46.0 Å². The molecule has 30 heavy (non-hydrogen) atoms. The molecule has 0 N–H and O–H groups in total. The third kappa shape index (κ3) is 3.91. The number of likely N-dealkylation sites (tertiary alicyclic amines) is 1. The molecule has 1 fully saturated rings. The summed E-state index contributed by atoms with van der Waals surface area (Å²) in [4.78, 5) is 19.2. The molecule has 0 atom stereocenters. The van der Waals surface area contributed by atoms with Crippen LogP contribution in [0.2, 0.25) is 0 Å². The van der Waals surface area contributed by atoms with Crippen LogP contribution < -0.4 is 0 Å². The number of fused-ring (bicyclic) bond motifs is 1. The van der Waals surface area contributed by atoms with Crippen LogP contribution in [0.15, 0.2) is 42.5 Å². The van der Waals surface area contributed by atoms with E-state index in [0.717, 1.165) is 53.8 Å². The lowest BCUT2D eigenvalue weighted by Crippen LogP contribution is -2.34. The molecule has 0 spiro atoms. The van der Waals surface area contributed by atoms with E-state index < -0.39 is 0 Å². The Kier molecular flexibility index (Phi) is 6.01. The van der Waals surface area contributed by atoms with E-state index in [4.69, 9.17) is 6.57 Å². The minimum atomic E-state index is 0.208. The van der Waals surface area contributed by atoms with E-state index in [0.29, 0.717) is 12.2 Å². The van der Waals surface area contributed by atoms with Gasteiger partial charge in [-0.05, 0) is 63.0 Å². The third-order valence-electron chi connectivity index (χ3n) is 6.14. The summed E-state index contributed by atoms with van der Waals surface area (Å²) in [7, 11) is 0. The first-order valence-electron chi connectivity index (χ1n) is 11.0. The largest absolute Gasteiger partial charge is 0.313 e. The summed E-state index contributed by atoms with van der Waals surface area (Å²) in [6, 6.07) is 14.2. The van der Waals surface area contributed by atoms with Gasteiger partial charge in [-0.3, -0.25) is 9.69 Å². The number of piperidine rings is 1. The van der Waals surface area contributed by atoms with Crippen molar-refractivity contribution in [3.8, 4) is 5.69 Å². The first kappa shape index (κ1) is 20.4. The Balaban J connectivity index is 1.82. The first-order valence-corrected chi connectivity index (χ1v) is 11.0. The Bertz CT molecular complexity index is 1100. The molecular weight excluding hydrogens is 370 g/mol. The van der Waals surface area contributed by atoms with Crippen LogP contribution >= 0.6 is 0 Å². The fraction of sp³-hybridized carbons (Fsp3) is 0.385. The van der Waals surface area contributed by atoms with Gasteiger partial charge < -0.3 is 4.57 Å². The van der Waals surface area contributed by atoms with Crippen LogP contribution in [0.5, 0.6) is 0 Å². The summed E-state index contributed by atoms with van der Waals surface area (Å²) in [5.41, 5.74) is 5.81. The number of nitrogens with zero attached hydrogens (tertiary/aromatic N) is 3. The van der Waals surface area contributed by atoms with E-state index >= 15 is 0 Å². The van der Waals surface area contributed by atoms with Gasteiger partial charge >= 0.3 is 0 Å². The number of carbonyl (C=O) groups excluding carboxylic acids is 1. The predicted molar refractivity (Wildman–Crippen MR) is 123 cm³/mol. The molecule has 0 unspecified atom stereocenters. The van der Waals surface area contributed by atoms with Gasteiger partial charge in [-0.15, -0.1) is 0 Å². The van der Waals surface area contributed by atoms with Crippen molar-refractivity contribution in [3.63, 3.8) is 0 Å². The van der Waals surface area contributed by atoms with E-state index in [1.165, 1.54) is 24.8 Å². The van der Waals surface area contributed by atoms with Gasteiger partial charge in [0.1, 0.15) is 0 Å². The lowest BCUT2D eigenvalue weighted by Gasteiger charge is -2.25. The number of benzene rings is 2. The Hall–Kier alpha value is -2.90. The summed E-state index contributed by atoms with van der Waals surface area (Å²) in [6.07, 6.45) is 5.74. The van der Waals surface area contributed by atoms with Crippen molar-refractivity contribution in [1.82, 2.24) is 9.47 Å². The smallest absolute Gasteiger partial charge is 0.187 e. The maximum absolute atomic E-state index is 13.4. The monoisotopic (exact) mass is 399 g/mol. The molecule has 0 amide bonds. The maximum Gasteiger partial charge on any atom is 0.187 e. The van der Waals surface area contributed by atoms with Gasteiger partial charge in [0.05, 0.1) is 18.6 Å². The Morgan fingerprint density at radius 2 is 1.80 bits per heavy atom. The van der Waals surface area contributed by atoms with Crippen molar-refractivity contribution in [3.05, 3.63) is 70.7 Å². The molecule has 2 heterocycles. The zero-order valence-electron chi connectivity index (χ0n) is 17.9. The molecule has 0 aliphatic carbocycles. The van der Waals surface area contributed by atoms with Crippen LogP contribution in [0.25, 0.3) is 21.4 Å². The lowest BCUT2D eigenvalue weighted by atomic mass is 10.0. The molecule has 4 heteroatoms. The maximum atomic E-state index is 13.4. The summed E-state index contributed by atoms with van der Waals surface area (Å²) >= 11 is 0. The zero-order chi connectivity index (χ0) is 21.1. The van der Waals surface area contributed by atoms with Crippen molar-refractivity contribution in [1.29, 1.82) is 0 Å². The van der Waals surface area contributed by atoms with E-state index in [1.807, 2.05) is 31.2 Å². The normalized spacial score (nSPS) is 14.7. The number of aromatic nitrogens is 1. The molecule has 0 bridgehead atoms. The molecule has 4 rings (SSSR count). The summed E-state index contributed by atoms with van der Waals surface area (Å²) in [5, 5.41) is 1.03. The topological polar surface area (TPSA) is 29.6 Å². The highest BCUT2D eigenvalue weighted by atomic mass is 16.1. The molecule has 4 nitrogen and oxygen atoms in total. The van der Waals surface area contributed by atoms with E-state index in [-0.39, 0.29) is 5.78 Å². The quantitative estimate of drug-likeness (QED) is 0.370. The average molecular weight is 400 g/mol. The first-order chi connectivity index (χ1) is 14.6. The van der Waals surface area contributed by atoms with Crippen LogP contribution in [0.3, 0.4) is 0 Å². The average Bonchev–Trinajstić information content (AvgIpc) is 3.06. The Morgan fingerprint density at radius 1 is 1.07 bits per heavy atom. The standard InChI is InChI=1S/C26H29N3O/c1-4-8-20-9-14-23-24(17-20)29(22-12-10-21(27-3)11-13-22)19(2)26(23)25(30)18-28-15-6-5-7-16-28/h9-14,17H,4-8,15-16,18H2,1-2H3. The van der Waals surface area contributed by atoms with Gasteiger partial charge in [0.25, 0.3) is 0 Å². The number of rotatable bonds is 6. The highest BCUT2D eigenvalue weighted by molar-refractivity contribution is 6.11. The van der Waals surface area contributed by atoms with Crippen LogP contribution in [-0.4, -0.2) is 34.9 Å². The van der Waals surface area contributed by atoms with E-state index in [2.05, 4.69) is 39.4 Å². The fourth-order valence-corrected chi connectivity index (χ4v) is 4.67. The minimum Gasteiger partial charge on any atom is -0.313 e. The molecule has 0 radical (unpaired) electrons. The Morgan fingerprint density at radius 3 is 2.47 bits per heavy atom. The number of ketones is 1. The van der Waals surface area contributed by atoms with Crippen molar-refractivity contribution in [2.24, 2.45) is 0 Å². The van der Waals surface area contributed by atoms with E-state index in [1.54, 1.807) is 0 Å². The van der Waals surface area contributed by atoms with Crippen molar-refractivity contribution >= 4 is 22.4 Å². The zero-order valence-corrected chi connectivity index (χ0v) is 17.9. The van der Waals surface area contributed by atoms with Crippen LogP contribution in [0.4, 0.5) is 5.69 Å². The van der Waals surface area contributed by atoms with E-state index in [9.17, 15) is 4.79 Å². The van der Waals surface area contributed by atoms with Gasteiger partial charge in [-0.2, -0.15) is 0 Å². The van der Waals surface area contributed by atoms with Crippen LogP contribution in [0, 0.1) is 13.5 Å².